The number of piperazine rings is 1. The summed E-state index contributed by atoms with van der Waals surface area (Å²) in [6, 6.07) is 2.25. The Morgan fingerprint density at radius 3 is 2.83 bits per heavy atom. The van der Waals surface area contributed by atoms with E-state index in [9.17, 15) is 0 Å². The van der Waals surface area contributed by atoms with E-state index in [1.165, 1.54) is 10.3 Å². The highest BCUT2D eigenvalue weighted by atomic mass is 35.5. The molecular formula is C12H17ClN4S. The van der Waals surface area contributed by atoms with E-state index in [2.05, 4.69) is 33.2 Å². The zero-order valence-electron chi connectivity index (χ0n) is 10.3. The lowest BCUT2D eigenvalue weighted by Crippen LogP contribution is -2.43. The second-order valence-electron chi connectivity index (χ2n) is 4.22. The zero-order valence-corrected chi connectivity index (χ0v) is 12.0. The molecule has 0 unspecified atom stereocenters. The molecule has 0 atom stereocenters. The fourth-order valence-electron chi connectivity index (χ4n) is 2.20. The number of hydrogen-bond acceptors (Lipinski definition) is 5. The van der Waals surface area contributed by atoms with Crippen molar-refractivity contribution < 1.29 is 0 Å². The molecule has 18 heavy (non-hydrogen) atoms. The van der Waals surface area contributed by atoms with Gasteiger partial charge in [-0.15, -0.1) is 23.7 Å². The molecule has 3 rings (SSSR count). The molecule has 0 bridgehead atoms. The van der Waals surface area contributed by atoms with Crippen molar-refractivity contribution in [1.29, 1.82) is 0 Å². The molecule has 1 aliphatic heterocycles. The first-order valence-electron chi connectivity index (χ1n) is 6.07. The van der Waals surface area contributed by atoms with Crippen LogP contribution in [0.5, 0.6) is 0 Å². The number of anilines is 1. The molecule has 0 aromatic carbocycles. The molecule has 0 amide bonds. The number of fused-ring (bicyclic) bond motifs is 1. The van der Waals surface area contributed by atoms with Crippen LogP contribution < -0.4 is 10.2 Å². The Labute approximate surface area is 117 Å². The van der Waals surface area contributed by atoms with Crippen LogP contribution in [0.4, 0.5) is 5.82 Å². The number of halogens is 1. The molecule has 1 fully saturated rings. The van der Waals surface area contributed by atoms with Gasteiger partial charge in [-0.1, -0.05) is 6.92 Å². The monoisotopic (exact) mass is 284 g/mol. The third-order valence-electron chi connectivity index (χ3n) is 3.12. The fraction of sp³-hybridized carbons (Fsp3) is 0.500. The van der Waals surface area contributed by atoms with Gasteiger partial charge in [0.15, 0.2) is 0 Å². The van der Waals surface area contributed by atoms with E-state index in [0.717, 1.165) is 43.2 Å². The summed E-state index contributed by atoms with van der Waals surface area (Å²) in [5.41, 5.74) is 0. The largest absolute Gasteiger partial charge is 0.353 e. The van der Waals surface area contributed by atoms with Crippen molar-refractivity contribution in [1.82, 2.24) is 15.3 Å². The molecule has 2 aromatic heterocycles. The highest BCUT2D eigenvalue weighted by molar-refractivity contribution is 7.18. The van der Waals surface area contributed by atoms with Gasteiger partial charge in [0.2, 0.25) is 0 Å². The number of nitrogens with zero attached hydrogens (tertiary/aromatic N) is 3. The molecule has 0 spiro atoms. The predicted molar refractivity (Wildman–Crippen MR) is 79.1 cm³/mol. The molecule has 1 saturated heterocycles. The summed E-state index contributed by atoms with van der Waals surface area (Å²) in [5, 5.41) is 4.59. The van der Waals surface area contributed by atoms with Crippen LogP contribution in [0, 0.1) is 0 Å². The molecule has 2 aromatic rings. The summed E-state index contributed by atoms with van der Waals surface area (Å²) in [5.74, 6) is 1.10. The van der Waals surface area contributed by atoms with E-state index >= 15 is 0 Å². The second-order valence-corrected chi connectivity index (χ2v) is 5.33. The van der Waals surface area contributed by atoms with E-state index in [0.29, 0.717) is 0 Å². The molecule has 98 valence electrons. The van der Waals surface area contributed by atoms with Crippen molar-refractivity contribution in [2.24, 2.45) is 0 Å². The van der Waals surface area contributed by atoms with Crippen LogP contribution in [-0.4, -0.2) is 36.1 Å². The van der Waals surface area contributed by atoms with Gasteiger partial charge >= 0.3 is 0 Å². The summed E-state index contributed by atoms with van der Waals surface area (Å²) >= 11 is 1.78. The number of nitrogens with one attached hydrogen (secondary N) is 1. The van der Waals surface area contributed by atoms with Crippen molar-refractivity contribution >= 4 is 39.8 Å². The Kier molecular flexibility index (Phi) is 4.37. The van der Waals surface area contributed by atoms with E-state index in [-0.39, 0.29) is 12.4 Å². The van der Waals surface area contributed by atoms with Gasteiger partial charge in [-0.25, -0.2) is 9.97 Å². The number of hydrogen-bond donors (Lipinski definition) is 1. The molecule has 1 aliphatic rings. The minimum absolute atomic E-state index is 0. The molecule has 0 saturated carbocycles. The summed E-state index contributed by atoms with van der Waals surface area (Å²) in [7, 11) is 0. The molecule has 6 heteroatoms. The maximum Gasteiger partial charge on any atom is 0.140 e. The minimum atomic E-state index is 0. The average Bonchev–Trinajstić information content (AvgIpc) is 2.82. The van der Waals surface area contributed by atoms with Crippen LogP contribution in [0.1, 0.15) is 11.8 Å². The van der Waals surface area contributed by atoms with Gasteiger partial charge in [0, 0.05) is 31.1 Å². The molecule has 0 radical (unpaired) electrons. The lowest BCUT2D eigenvalue weighted by Gasteiger charge is -2.28. The number of rotatable bonds is 2. The van der Waals surface area contributed by atoms with E-state index in [1.807, 2.05) is 0 Å². The highest BCUT2D eigenvalue weighted by Crippen LogP contribution is 2.30. The Hall–Kier alpha value is -0.910. The summed E-state index contributed by atoms with van der Waals surface area (Å²) in [4.78, 5) is 13.7. The van der Waals surface area contributed by atoms with Gasteiger partial charge in [-0.3, -0.25) is 0 Å². The highest BCUT2D eigenvalue weighted by Gasteiger charge is 2.16. The van der Waals surface area contributed by atoms with E-state index in [4.69, 9.17) is 0 Å². The lowest BCUT2D eigenvalue weighted by molar-refractivity contribution is 0.586. The van der Waals surface area contributed by atoms with Crippen LogP contribution >= 0.6 is 23.7 Å². The predicted octanol–water partition coefficient (Wildman–Crippen LogP) is 2.09. The molecular weight excluding hydrogens is 268 g/mol. The van der Waals surface area contributed by atoms with Gasteiger partial charge in [-0.05, 0) is 12.5 Å². The smallest absolute Gasteiger partial charge is 0.140 e. The summed E-state index contributed by atoms with van der Waals surface area (Å²) in [6.45, 7) is 6.32. The standard InChI is InChI=1S/C12H16N4S.ClH/c1-2-9-7-10-11(14-8-15-12(10)17-9)16-5-3-13-4-6-16;/h7-8,13H,2-6H2,1H3;1H. The van der Waals surface area contributed by atoms with Crippen LogP contribution in [0.15, 0.2) is 12.4 Å². The first-order valence-corrected chi connectivity index (χ1v) is 6.89. The Balaban J connectivity index is 0.00000120. The summed E-state index contributed by atoms with van der Waals surface area (Å²) < 4.78 is 0. The van der Waals surface area contributed by atoms with Gasteiger partial charge in [0.05, 0.1) is 5.39 Å². The number of aryl methyl sites for hydroxylation is 1. The Morgan fingerprint density at radius 2 is 2.11 bits per heavy atom. The molecule has 3 heterocycles. The van der Waals surface area contributed by atoms with Crippen molar-refractivity contribution in [2.45, 2.75) is 13.3 Å². The summed E-state index contributed by atoms with van der Waals surface area (Å²) in [6.07, 6.45) is 2.76. The normalized spacial score (nSPS) is 15.7. The lowest BCUT2D eigenvalue weighted by atomic mass is 10.2. The van der Waals surface area contributed by atoms with Gasteiger partial charge in [0.1, 0.15) is 17.0 Å². The first kappa shape index (κ1) is 13.5. The number of thiophene rings is 1. The second kappa shape index (κ2) is 5.82. The fourth-order valence-corrected chi connectivity index (χ4v) is 3.13. The Morgan fingerprint density at radius 1 is 1.33 bits per heavy atom. The van der Waals surface area contributed by atoms with Crippen LogP contribution in [0.2, 0.25) is 0 Å². The van der Waals surface area contributed by atoms with Gasteiger partial charge < -0.3 is 10.2 Å². The zero-order chi connectivity index (χ0) is 11.7. The van der Waals surface area contributed by atoms with Gasteiger partial charge in [0.25, 0.3) is 0 Å². The maximum atomic E-state index is 4.47. The van der Waals surface area contributed by atoms with Crippen molar-refractivity contribution in [3.63, 3.8) is 0 Å². The molecule has 1 N–H and O–H groups in total. The van der Waals surface area contributed by atoms with Crippen LogP contribution in [-0.2, 0) is 6.42 Å². The third-order valence-corrected chi connectivity index (χ3v) is 4.31. The SMILES string of the molecule is CCc1cc2c(N3CCNCC3)ncnc2s1.Cl. The first-order chi connectivity index (χ1) is 8.38. The Bertz CT molecular complexity index is 522. The average molecular weight is 285 g/mol. The molecule has 0 aliphatic carbocycles. The van der Waals surface area contributed by atoms with Crippen molar-refractivity contribution in [3.05, 3.63) is 17.3 Å². The third kappa shape index (κ3) is 2.43. The quantitative estimate of drug-likeness (QED) is 0.917. The van der Waals surface area contributed by atoms with E-state index < -0.39 is 0 Å². The van der Waals surface area contributed by atoms with Gasteiger partial charge in [-0.2, -0.15) is 0 Å². The number of aromatic nitrogens is 2. The molecule has 4 nitrogen and oxygen atoms in total. The maximum absolute atomic E-state index is 4.47. The van der Waals surface area contributed by atoms with Crippen molar-refractivity contribution in [3.8, 4) is 0 Å². The van der Waals surface area contributed by atoms with Crippen LogP contribution in [0.3, 0.4) is 0 Å². The minimum Gasteiger partial charge on any atom is -0.353 e. The topological polar surface area (TPSA) is 41.0 Å². The van der Waals surface area contributed by atoms with E-state index in [1.54, 1.807) is 17.7 Å². The van der Waals surface area contributed by atoms with Crippen LogP contribution in [0.25, 0.3) is 10.2 Å². The van der Waals surface area contributed by atoms with Crippen molar-refractivity contribution in [2.75, 3.05) is 31.1 Å².